The van der Waals surface area contributed by atoms with Crippen LogP contribution in [0, 0.1) is 0 Å². The Morgan fingerprint density at radius 3 is 2.80 bits per heavy atom. The maximum atomic E-state index is 9.37. The summed E-state index contributed by atoms with van der Waals surface area (Å²) in [6, 6.07) is 10.8. The van der Waals surface area contributed by atoms with Gasteiger partial charge in [0.15, 0.2) is 0 Å². The Hall–Kier alpha value is -0.510. The van der Waals surface area contributed by atoms with Crippen molar-refractivity contribution in [1.29, 1.82) is 0 Å². The molecule has 1 heterocycles. The van der Waals surface area contributed by atoms with Gasteiger partial charge in [-0.3, -0.25) is 0 Å². The number of hydrogen-bond acceptors (Lipinski definition) is 3. The van der Waals surface area contributed by atoms with Crippen molar-refractivity contribution >= 4 is 11.8 Å². The van der Waals surface area contributed by atoms with Crippen LogP contribution in [0.25, 0.3) is 0 Å². The predicted octanol–water partition coefficient (Wildman–Crippen LogP) is 1.82. The second kappa shape index (κ2) is 5.54. The first-order chi connectivity index (χ1) is 7.40. The van der Waals surface area contributed by atoms with E-state index < -0.39 is 0 Å². The monoisotopic (exact) mass is 223 g/mol. The quantitative estimate of drug-likeness (QED) is 0.816. The van der Waals surface area contributed by atoms with E-state index in [4.69, 9.17) is 0 Å². The third kappa shape index (κ3) is 2.97. The molecule has 1 saturated heterocycles. The van der Waals surface area contributed by atoms with Crippen LogP contribution in [0.1, 0.15) is 18.0 Å². The fourth-order valence-electron chi connectivity index (χ4n) is 1.89. The van der Waals surface area contributed by atoms with Crippen LogP contribution in [0.3, 0.4) is 0 Å². The summed E-state index contributed by atoms with van der Waals surface area (Å²) in [5.41, 5.74) is 1.18. The summed E-state index contributed by atoms with van der Waals surface area (Å²) in [7, 11) is 0. The fourth-order valence-corrected chi connectivity index (χ4v) is 3.06. The molecule has 2 N–H and O–H groups in total. The van der Waals surface area contributed by atoms with Crippen molar-refractivity contribution < 1.29 is 5.11 Å². The summed E-state index contributed by atoms with van der Waals surface area (Å²) in [5.74, 6) is 2.41. The lowest BCUT2D eigenvalue weighted by Gasteiger charge is -2.20. The molecule has 15 heavy (non-hydrogen) atoms. The Morgan fingerprint density at radius 2 is 2.20 bits per heavy atom. The molecule has 0 amide bonds. The minimum Gasteiger partial charge on any atom is -0.394 e. The fraction of sp³-hybridized carbons (Fsp3) is 0.500. The first-order valence-corrected chi connectivity index (χ1v) is 6.55. The van der Waals surface area contributed by atoms with E-state index in [2.05, 4.69) is 17.4 Å². The molecule has 1 unspecified atom stereocenters. The van der Waals surface area contributed by atoms with Crippen molar-refractivity contribution in [2.75, 3.05) is 18.1 Å². The van der Waals surface area contributed by atoms with Crippen LogP contribution in [0.15, 0.2) is 30.3 Å². The van der Waals surface area contributed by atoms with Gasteiger partial charge in [0.2, 0.25) is 0 Å². The number of rotatable bonds is 4. The van der Waals surface area contributed by atoms with E-state index >= 15 is 0 Å². The van der Waals surface area contributed by atoms with Gasteiger partial charge in [-0.15, -0.1) is 0 Å². The normalized spacial score (nSPS) is 22.9. The molecule has 2 nitrogen and oxygen atoms in total. The Balaban J connectivity index is 1.97. The molecule has 1 aromatic rings. The molecule has 0 aliphatic carbocycles. The predicted molar refractivity (Wildman–Crippen MR) is 65.1 cm³/mol. The van der Waals surface area contributed by atoms with E-state index in [1.54, 1.807) is 0 Å². The Labute approximate surface area is 95.1 Å². The van der Waals surface area contributed by atoms with E-state index in [1.165, 1.54) is 23.5 Å². The first-order valence-electron chi connectivity index (χ1n) is 5.40. The summed E-state index contributed by atoms with van der Waals surface area (Å²) in [5, 5.41) is 12.9. The minimum absolute atomic E-state index is 0.0925. The van der Waals surface area contributed by atoms with Crippen molar-refractivity contribution in [1.82, 2.24) is 5.32 Å². The van der Waals surface area contributed by atoms with Gasteiger partial charge in [0.25, 0.3) is 0 Å². The molecule has 0 aromatic heterocycles. The zero-order chi connectivity index (χ0) is 10.5. The largest absolute Gasteiger partial charge is 0.394 e. The lowest BCUT2D eigenvalue weighted by Crippen LogP contribution is -2.34. The zero-order valence-corrected chi connectivity index (χ0v) is 9.54. The van der Waals surface area contributed by atoms with E-state index in [-0.39, 0.29) is 12.6 Å². The smallest absolute Gasteiger partial charge is 0.0626 e. The van der Waals surface area contributed by atoms with E-state index in [9.17, 15) is 5.11 Å². The van der Waals surface area contributed by atoms with E-state index in [1.807, 2.05) is 30.0 Å². The highest BCUT2D eigenvalue weighted by atomic mass is 32.2. The minimum atomic E-state index is 0.0925. The Morgan fingerprint density at radius 1 is 1.40 bits per heavy atom. The molecule has 2 rings (SSSR count). The van der Waals surface area contributed by atoms with Gasteiger partial charge in [-0.1, -0.05) is 30.3 Å². The van der Waals surface area contributed by atoms with Crippen molar-refractivity contribution in [3.05, 3.63) is 35.9 Å². The maximum absolute atomic E-state index is 9.37. The van der Waals surface area contributed by atoms with Crippen LogP contribution >= 0.6 is 11.8 Å². The van der Waals surface area contributed by atoms with Gasteiger partial charge in [0, 0.05) is 11.8 Å². The molecule has 2 atom stereocenters. The highest BCUT2D eigenvalue weighted by molar-refractivity contribution is 7.99. The lowest BCUT2D eigenvalue weighted by molar-refractivity contribution is 0.236. The van der Waals surface area contributed by atoms with Gasteiger partial charge in [0.1, 0.15) is 0 Å². The Kier molecular flexibility index (Phi) is 4.06. The van der Waals surface area contributed by atoms with Gasteiger partial charge >= 0.3 is 0 Å². The van der Waals surface area contributed by atoms with Crippen molar-refractivity contribution in [2.24, 2.45) is 0 Å². The molecule has 0 spiro atoms. The van der Waals surface area contributed by atoms with Gasteiger partial charge in [-0.05, 0) is 17.7 Å². The van der Waals surface area contributed by atoms with E-state index in [0.29, 0.717) is 6.04 Å². The average molecular weight is 223 g/mol. The molecule has 0 bridgehead atoms. The maximum Gasteiger partial charge on any atom is 0.0626 e. The zero-order valence-electron chi connectivity index (χ0n) is 8.73. The molecule has 1 fully saturated rings. The molecular weight excluding hydrogens is 206 g/mol. The van der Waals surface area contributed by atoms with Gasteiger partial charge in [0.05, 0.1) is 12.6 Å². The van der Waals surface area contributed by atoms with E-state index in [0.717, 1.165) is 0 Å². The van der Waals surface area contributed by atoms with Crippen LogP contribution in [-0.4, -0.2) is 29.3 Å². The van der Waals surface area contributed by atoms with Crippen molar-refractivity contribution in [3.63, 3.8) is 0 Å². The molecule has 1 aromatic carbocycles. The van der Waals surface area contributed by atoms with Gasteiger partial charge in [-0.25, -0.2) is 0 Å². The number of nitrogens with one attached hydrogen (secondary N) is 1. The number of aliphatic hydroxyl groups is 1. The highest BCUT2D eigenvalue weighted by Gasteiger charge is 2.19. The second-order valence-electron chi connectivity index (χ2n) is 3.87. The van der Waals surface area contributed by atoms with Crippen LogP contribution < -0.4 is 5.32 Å². The molecule has 1 aliphatic heterocycles. The number of benzene rings is 1. The van der Waals surface area contributed by atoms with Crippen LogP contribution in [0.4, 0.5) is 0 Å². The number of hydrogen-bond donors (Lipinski definition) is 2. The van der Waals surface area contributed by atoms with Gasteiger partial charge in [-0.2, -0.15) is 11.8 Å². The van der Waals surface area contributed by atoms with Crippen molar-refractivity contribution in [3.8, 4) is 0 Å². The third-order valence-corrected chi connectivity index (χ3v) is 3.91. The lowest BCUT2D eigenvalue weighted by atomic mass is 10.1. The van der Waals surface area contributed by atoms with Crippen molar-refractivity contribution in [2.45, 2.75) is 18.5 Å². The molecule has 3 heteroatoms. The first kappa shape index (κ1) is 11.0. The van der Waals surface area contributed by atoms with Crippen LogP contribution in [-0.2, 0) is 0 Å². The molecule has 0 radical (unpaired) electrons. The summed E-state index contributed by atoms with van der Waals surface area (Å²) >= 11 is 1.99. The second-order valence-corrected chi connectivity index (χ2v) is 5.02. The van der Waals surface area contributed by atoms with Crippen LogP contribution in [0.5, 0.6) is 0 Å². The van der Waals surface area contributed by atoms with Crippen LogP contribution in [0.2, 0.25) is 0 Å². The summed E-state index contributed by atoms with van der Waals surface area (Å²) in [4.78, 5) is 0. The summed E-state index contributed by atoms with van der Waals surface area (Å²) in [6.07, 6.45) is 1.22. The summed E-state index contributed by atoms with van der Waals surface area (Å²) in [6.45, 7) is 0.172. The number of thioether (sulfide) groups is 1. The highest BCUT2D eigenvalue weighted by Crippen LogP contribution is 2.21. The Bertz CT molecular complexity index is 285. The SMILES string of the molecule is OC[C@H](NC1CCSC1)c1ccccc1. The standard InChI is InChI=1S/C12H17NOS/c14-8-12(10-4-2-1-3-5-10)13-11-6-7-15-9-11/h1-5,11-14H,6-9H2/t11?,12-/m0/s1. The topological polar surface area (TPSA) is 32.3 Å². The van der Waals surface area contributed by atoms with Gasteiger partial charge < -0.3 is 10.4 Å². The molecule has 0 saturated carbocycles. The number of aliphatic hydroxyl groups excluding tert-OH is 1. The molecule has 82 valence electrons. The third-order valence-electron chi connectivity index (χ3n) is 2.75. The summed E-state index contributed by atoms with van der Waals surface area (Å²) < 4.78 is 0. The molecule has 1 aliphatic rings. The average Bonchev–Trinajstić information content (AvgIpc) is 2.80. The molecular formula is C12H17NOS.